The van der Waals surface area contributed by atoms with Gasteiger partial charge in [0.2, 0.25) is 11.8 Å². The summed E-state index contributed by atoms with van der Waals surface area (Å²) in [5.74, 6) is -0.404. The Morgan fingerprint density at radius 3 is 2.34 bits per heavy atom. The Kier molecular flexibility index (Phi) is 10.2. The van der Waals surface area contributed by atoms with Gasteiger partial charge in [-0.3, -0.25) is 19.3 Å². The number of fused-ring (bicyclic) bond motifs is 1. The molecule has 3 amide bonds. The highest BCUT2D eigenvalue weighted by molar-refractivity contribution is 6.01. The maximum absolute atomic E-state index is 13.7. The second-order valence-electron chi connectivity index (χ2n) is 9.17. The predicted molar refractivity (Wildman–Crippen MR) is 140 cm³/mol. The largest absolute Gasteiger partial charge is 0.353 e. The third-order valence-corrected chi connectivity index (χ3v) is 6.42. The van der Waals surface area contributed by atoms with E-state index in [1.807, 2.05) is 63.2 Å². The number of aromatic nitrogens is 1. The van der Waals surface area contributed by atoms with Crippen molar-refractivity contribution in [2.75, 3.05) is 18.5 Å². The molecule has 35 heavy (non-hydrogen) atoms. The van der Waals surface area contributed by atoms with E-state index in [1.54, 1.807) is 25.1 Å². The van der Waals surface area contributed by atoms with Crippen LogP contribution in [-0.2, 0) is 20.8 Å². The van der Waals surface area contributed by atoms with Crippen LogP contribution in [0.25, 0.3) is 0 Å². The molecule has 8 nitrogen and oxygen atoms in total. The molecule has 0 aliphatic carbocycles. The summed E-state index contributed by atoms with van der Waals surface area (Å²) in [4.78, 5) is 45.3. The van der Waals surface area contributed by atoms with Gasteiger partial charge >= 0.3 is 0 Å². The van der Waals surface area contributed by atoms with Crippen LogP contribution in [0, 0.1) is 5.92 Å². The molecular formula is C26H36ClN5O3. The van der Waals surface area contributed by atoms with Crippen LogP contribution in [0.15, 0.2) is 48.7 Å². The molecule has 0 spiro atoms. The molecule has 0 bridgehead atoms. The number of amides is 3. The average Bonchev–Trinajstić information content (AvgIpc) is 3.22. The smallest absolute Gasteiger partial charge is 0.251 e. The fourth-order valence-electron chi connectivity index (χ4n) is 4.11. The number of pyridine rings is 1. The Balaban J connectivity index is 0.00000432. The summed E-state index contributed by atoms with van der Waals surface area (Å²) in [7, 11) is 1.70. The molecule has 9 heteroatoms. The number of benzene rings is 1. The van der Waals surface area contributed by atoms with Crippen LogP contribution in [0.3, 0.4) is 0 Å². The monoisotopic (exact) mass is 501 g/mol. The zero-order valence-electron chi connectivity index (χ0n) is 20.9. The van der Waals surface area contributed by atoms with Crippen LogP contribution in [-0.4, -0.2) is 54.4 Å². The van der Waals surface area contributed by atoms with Crippen LogP contribution in [0.4, 0.5) is 5.82 Å². The average molecular weight is 502 g/mol. The Morgan fingerprint density at radius 1 is 1.03 bits per heavy atom. The Bertz CT molecular complexity index is 1020. The summed E-state index contributed by atoms with van der Waals surface area (Å²) in [6, 6.07) is 12.0. The van der Waals surface area contributed by atoms with E-state index in [9.17, 15) is 14.4 Å². The first-order chi connectivity index (χ1) is 16.2. The molecule has 1 unspecified atom stereocenters. The lowest BCUT2D eigenvalue weighted by Gasteiger charge is -2.31. The number of carbonyl (C=O) groups excluding carboxylic acids is 3. The van der Waals surface area contributed by atoms with Crippen molar-refractivity contribution >= 4 is 35.9 Å². The van der Waals surface area contributed by atoms with E-state index < -0.39 is 12.1 Å². The number of nitrogens with one attached hydrogen (secondary N) is 3. The first-order valence-corrected chi connectivity index (χ1v) is 11.8. The molecule has 0 fully saturated rings. The molecule has 4 atom stereocenters. The topological polar surface area (TPSA) is 103 Å². The van der Waals surface area contributed by atoms with Gasteiger partial charge in [-0.1, -0.05) is 50.2 Å². The second kappa shape index (κ2) is 12.7. The fraction of sp³-hybridized carbons (Fsp3) is 0.462. The van der Waals surface area contributed by atoms with E-state index in [1.165, 1.54) is 0 Å². The van der Waals surface area contributed by atoms with E-state index >= 15 is 0 Å². The summed E-state index contributed by atoms with van der Waals surface area (Å²) in [5, 5.41) is 8.81. The van der Waals surface area contributed by atoms with Crippen LogP contribution < -0.4 is 20.9 Å². The van der Waals surface area contributed by atoms with Gasteiger partial charge in [-0.25, -0.2) is 4.98 Å². The van der Waals surface area contributed by atoms with E-state index in [-0.39, 0.29) is 48.0 Å². The quantitative estimate of drug-likeness (QED) is 0.489. The number of hydrogen-bond donors (Lipinski definition) is 3. The van der Waals surface area contributed by atoms with Gasteiger partial charge in [0.25, 0.3) is 5.91 Å². The molecule has 2 heterocycles. The number of halogens is 1. The molecule has 0 saturated carbocycles. The van der Waals surface area contributed by atoms with Crippen LogP contribution in [0.5, 0.6) is 0 Å². The minimum absolute atomic E-state index is 0. The Labute approximate surface area is 213 Å². The molecule has 1 aliphatic rings. The molecule has 1 aliphatic heterocycles. The molecule has 3 rings (SSSR count). The first kappa shape index (κ1) is 28.3. The van der Waals surface area contributed by atoms with Gasteiger partial charge in [0, 0.05) is 12.7 Å². The van der Waals surface area contributed by atoms with Gasteiger partial charge in [0.1, 0.15) is 11.9 Å². The molecule has 2 aromatic rings. The molecular weight excluding hydrogens is 466 g/mol. The predicted octanol–water partition coefficient (Wildman–Crippen LogP) is 2.43. The first-order valence-electron chi connectivity index (χ1n) is 11.8. The van der Waals surface area contributed by atoms with Gasteiger partial charge in [-0.2, -0.15) is 0 Å². The van der Waals surface area contributed by atoms with Crippen molar-refractivity contribution < 1.29 is 14.4 Å². The van der Waals surface area contributed by atoms with Crippen molar-refractivity contribution in [3.8, 4) is 0 Å². The Hall–Kier alpha value is -2.97. The number of carbonyl (C=O) groups is 3. The number of nitrogens with zero attached hydrogens (tertiary/aromatic N) is 2. The van der Waals surface area contributed by atoms with Gasteiger partial charge in [-0.15, -0.1) is 12.4 Å². The van der Waals surface area contributed by atoms with E-state index in [4.69, 9.17) is 0 Å². The number of anilines is 1. The van der Waals surface area contributed by atoms with E-state index in [2.05, 4.69) is 20.9 Å². The lowest BCUT2D eigenvalue weighted by Crippen LogP contribution is -2.57. The van der Waals surface area contributed by atoms with Crippen molar-refractivity contribution in [2.45, 2.75) is 58.2 Å². The SMILES string of the molecule is CNC(C)C(=O)N[C@H](C(=O)N1c2ncccc2C[C@H]1CNC(=O)[C@@H](C)c1ccccc1)C(C)C.Cl. The van der Waals surface area contributed by atoms with Gasteiger partial charge in [0.05, 0.1) is 18.0 Å². The van der Waals surface area contributed by atoms with Crippen LogP contribution in [0.2, 0.25) is 0 Å². The van der Waals surface area contributed by atoms with Crippen molar-refractivity contribution in [3.05, 3.63) is 59.8 Å². The standard InChI is InChI=1S/C26H35N5O3.ClH/c1-16(2)22(30-25(33)18(4)27-5)26(34)31-21(14-20-12-9-13-28-23(20)31)15-29-24(32)17(3)19-10-7-6-8-11-19;/h6-13,16-18,21-22,27H,14-15H2,1-5H3,(H,29,32)(H,30,33);1H/t17-,18?,21-,22-;/m0./s1. The molecule has 0 saturated heterocycles. The summed E-state index contributed by atoms with van der Waals surface area (Å²) in [6.45, 7) is 7.72. The van der Waals surface area contributed by atoms with E-state index in [0.29, 0.717) is 18.8 Å². The van der Waals surface area contributed by atoms with Gasteiger partial charge in [-0.05, 0) is 50.4 Å². The van der Waals surface area contributed by atoms with Crippen molar-refractivity contribution in [1.82, 2.24) is 20.9 Å². The summed E-state index contributed by atoms with van der Waals surface area (Å²) < 4.78 is 0. The Morgan fingerprint density at radius 2 is 1.71 bits per heavy atom. The molecule has 1 aromatic heterocycles. The molecule has 3 N–H and O–H groups in total. The number of hydrogen-bond acceptors (Lipinski definition) is 5. The highest BCUT2D eigenvalue weighted by Gasteiger charge is 2.40. The van der Waals surface area contributed by atoms with Crippen molar-refractivity contribution in [1.29, 1.82) is 0 Å². The van der Waals surface area contributed by atoms with E-state index in [0.717, 1.165) is 11.1 Å². The zero-order chi connectivity index (χ0) is 24.8. The minimum Gasteiger partial charge on any atom is -0.353 e. The number of rotatable bonds is 9. The maximum Gasteiger partial charge on any atom is 0.251 e. The summed E-state index contributed by atoms with van der Waals surface area (Å²) >= 11 is 0. The lowest BCUT2D eigenvalue weighted by molar-refractivity contribution is -0.129. The fourth-order valence-corrected chi connectivity index (χ4v) is 4.11. The van der Waals surface area contributed by atoms with Gasteiger partial charge < -0.3 is 16.0 Å². The van der Waals surface area contributed by atoms with Gasteiger partial charge in [0.15, 0.2) is 0 Å². The third-order valence-electron chi connectivity index (χ3n) is 6.42. The molecule has 0 radical (unpaired) electrons. The normalized spacial score (nSPS) is 17.1. The van der Waals surface area contributed by atoms with Crippen LogP contribution in [0.1, 0.15) is 44.7 Å². The highest BCUT2D eigenvalue weighted by atomic mass is 35.5. The number of likely N-dealkylation sites (N-methyl/N-ethyl adjacent to an activating group) is 1. The minimum atomic E-state index is -0.710. The second-order valence-corrected chi connectivity index (χ2v) is 9.17. The highest BCUT2D eigenvalue weighted by Crippen LogP contribution is 2.31. The van der Waals surface area contributed by atoms with Crippen LogP contribution >= 0.6 is 12.4 Å². The zero-order valence-corrected chi connectivity index (χ0v) is 21.8. The summed E-state index contributed by atoms with van der Waals surface area (Å²) in [5.41, 5.74) is 1.88. The third kappa shape index (κ3) is 6.58. The summed E-state index contributed by atoms with van der Waals surface area (Å²) in [6.07, 6.45) is 2.24. The van der Waals surface area contributed by atoms with Crippen molar-refractivity contribution in [3.63, 3.8) is 0 Å². The van der Waals surface area contributed by atoms with Crippen molar-refractivity contribution in [2.24, 2.45) is 5.92 Å². The molecule has 190 valence electrons. The maximum atomic E-state index is 13.7. The molecule has 1 aromatic carbocycles. The lowest BCUT2D eigenvalue weighted by atomic mass is 10.00.